The summed E-state index contributed by atoms with van der Waals surface area (Å²) in [4.78, 5) is 9.00. The molecule has 10 heavy (non-hydrogen) atoms. The van der Waals surface area contributed by atoms with Crippen LogP contribution < -0.4 is 0 Å². The average molecular weight is 168 g/mol. The van der Waals surface area contributed by atoms with Crippen molar-refractivity contribution < 1.29 is 22.9 Å². The number of carbonyl (C=O) groups is 1. The van der Waals surface area contributed by atoms with Crippen LogP contribution in [0.1, 0.15) is 6.92 Å². The molecular weight excluding hydrogens is 160 g/mol. The molecule has 0 heterocycles. The van der Waals surface area contributed by atoms with Crippen LogP contribution in [-0.4, -0.2) is 24.0 Å². The Bertz CT molecular complexity index is 186. The van der Waals surface area contributed by atoms with Crippen molar-refractivity contribution in [2.24, 2.45) is 0 Å². The van der Waals surface area contributed by atoms with Gasteiger partial charge in [-0.05, 0) is 0 Å². The Kier molecular flexibility index (Phi) is 5.87. The summed E-state index contributed by atoms with van der Waals surface area (Å²) >= 11 is 0. The number of rotatable bonds is 1. The first-order valence-corrected chi connectivity index (χ1v) is 3.59. The second-order valence-corrected chi connectivity index (χ2v) is 2.56. The number of hydrogen-bond acceptors (Lipinski definition) is 3. The lowest BCUT2D eigenvalue weighted by Gasteiger charge is -1.73. The molecule has 6 heteroatoms. The molecule has 0 aliphatic heterocycles. The van der Waals surface area contributed by atoms with E-state index >= 15 is 0 Å². The summed E-state index contributed by atoms with van der Waals surface area (Å²) in [7, 11) is -3.90. The topological polar surface area (TPSA) is 91.7 Å². The van der Waals surface area contributed by atoms with Gasteiger partial charge in [-0.25, -0.2) is 0 Å². The molecule has 0 rings (SSSR count). The fraction of sp³-hybridized carbons (Fsp3) is 0.250. The van der Waals surface area contributed by atoms with Crippen LogP contribution in [-0.2, 0) is 14.9 Å². The molecule has 60 valence electrons. The Morgan fingerprint density at radius 3 is 1.70 bits per heavy atom. The van der Waals surface area contributed by atoms with E-state index in [0.29, 0.717) is 5.41 Å². The molecule has 0 spiro atoms. The summed E-state index contributed by atoms with van der Waals surface area (Å²) in [5.41, 5.74) is 0. The quantitative estimate of drug-likeness (QED) is 0.542. The zero-order chi connectivity index (χ0) is 8.78. The number of carboxylic acids is 1. The average Bonchev–Trinajstić information content (AvgIpc) is 1.63. The molecule has 0 aromatic rings. The summed E-state index contributed by atoms with van der Waals surface area (Å²) in [5.74, 6) is -0.833. The van der Waals surface area contributed by atoms with E-state index in [2.05, 4.69) is 6.58 Å². The van der Waals surface area contributed by atoms with Crippen molar-refractivity contribution in [3.63, 3.8) is 0 Å². The van der Waals surface area contributed by atoms with E-state index < -0.39 is 16.1 Å². The van der Waals surface area contributed by atoms with E-state index in [0.717, 1.165) is 6.92 Å². The lowest BCUT2D eigenvalue weighted by molar-refractivity contribution is -0.134. The van der Waals surface area contributed by atoms with Gasteiger partial charge in [0, 0.05) is 6.92 Å². The van der Waals surface area contributed by atoms with E-state index in [4.69, 9.17) is 14.5 Å². The largest absolute Gasteiger partial charge is 0.481 e. The van der Waals surface area contributed by atoms with Crippen molar-refractivity contribution >= 4 is 16.1 Å². The highest BCUT2D eigenvalue weighted by Gasteiger charge is 1.87. The Morgan fingerprint density at radius 1 is 1.60 bits per heavy atom. The summed E-state index contributed by atoms with van der Waals surface area (Å²) in [6.07, 6.45) is 0. The van der Waals surface area contributed by atoms with Gasteiger partial charge in [-0.3, -0.25) is 9.35 Å². The minimum absolute atomic E-state index is 0.465. The zero-order valence-corrected chi connectivity index (χ0v) is 6.13. The minimum Gasteiger partial charge on any atom is -0.481 e. The summed E-state index contributed by atoms with van der Waals surface area (Å²) in [6, 6.07) is 0. The fourth-order valence-electron chi connectivity index (χ4n) is 0. The van der Waals surface area contributed by atoms with Crippen molar-refractivity contribution in [2.45, 2.75) is 6.92 Å². The van der Waals surface area contributed by atoms with Crippen LogP contribution in [0.25, 0.3) is 0 Å². The maximum atomic E-state index is 9.44. The SMILES string of the molecule is C=CS(=O)(=O)O.CC(=O)O. The van der Waals surface area contributed by atoms with Gasteiger partial charge < -0.3 is 5.11 Å². The van der Waals surface area contributed by atoms with Gasteiger partial charge in [-0.2, -0.15) is 8.42 Å². The molecular formula is C4H8O5S. The van der Waals surface area contributed by atoms with Gasteiger partial charge in [0.15, 0.2) is 0 Å². The fourth-order valence-corrected chi connectivity index (χ4v) is 0. The Morgan fingerprint density at radius 2 is 1.70 bits per heavy atom. The molecule has 0 amide bonds. The van der Waals surface area contributed by atoms with Crippen molar-refractivity contribution in [1.82, 2.24) is 0 Å². The Hall–Kier alpha value is -0.880. The molecule has 5 nitrogen and oxygen atoms in total. The van der Waals surface area contributed by atoms with Gasteiger partial charge >= 0.3 is 0 Å². The number of carboxylic acid groups (broad SMARTS) is 1. The molecule has 0 unspecified atom stereocenters. The lowest BCUT2D eigenvalue weighted by Crippen LogP contribution is -1.86. The summed E-state index contributed by atoms with van der Waals surface area (Å²) in [5, 5.41) is 7.88. The summed E-state index contributed by atoms with van der Waals surface area (Å²) < 4.78 is 26.6. The van der Waals surface area contributed by atoms with Crippen LogP contribution in [0.5, 0.6) is 0 Å². The van der Waals surface area contributed by atoms with Gasteiger partial charge in [-0.1, -0.05) is 6.58 Å². The Labute approximate surface area is 58.7 Å². The third-order valence-electron chi connectivity index (χ3n) is 0.211. The van der Waals surface area contributed by atoms with Crippen LogP contribution in [0, 0.1) is 0 Å². The molecule has 0 aromatic carbocycles. The molecule has 0 radical (unpaired) electrons. The summed E-state index contributed by atoms with van der Waals surface area (Å²) in [6.45, 7) is 3.88. The molecule has 0 aliphatic rings. The van der Waals surface area contributed by atoms with Crippen molar-refractivity contribution in [2.75, 3.05) is 0 Å². The highest BCUT2D eigenvalue weighted by molar-refractivity contribution is 7.88. The van der Waals surface area contributed by atoms with Crippen molar-refractivity contribution in [3.05, 3.63) is 12.0 Å². The molecule has 0 aliphatic carbocycles. The van der Waals surface area contributed by atoms with E-state index in [1.807, 2.05) is 0 Å². The van der Waals surface area contributed by atoms with E-state index in [9.17, 15) is 8.42 Å². The van der Waals surface area contributed by atoms with Gasteiger partial charge in [0.1, 0.15) is 0 Å². The first kappa shape index (κ1) is 11.9. The second kappa shape index (κ2) is 4.95. The predicted octanol–water partition coefficient (Wildman–Crippen LogP) is 0.109. The van der Waals surface area contributed by atoms with Crippen molar-refractivity contribution in [1.29, 1.82) is 0 Å². The highest BCUT2D eigenvalue weighted by atomic mass is 32.2. The van der Waals surface area contributed by atoms with E-state index in [1.54, 1.807) is 0 Å². The molecule has 0 aromatic heterocycles. The van der Waals surface area contributed by atoms with Crippen molar-refractivity contribution in [3.8, 4) is 0 Å². The van der Waals surface area contributed by atoms with Crippen LogP contribution in [0.3, 0.4) is 0 Å². The number of hydrogen-bond donors (Lipinski definition) is 2. The van der Waals surface area contributed by atoms with E-state index in [1.165, 1.54) is 0 Å². The maximum absolute atomic E-state index is 9.44. The third-order valence-corrected chi connectivity index (χ3v) is 0.632. The molecule has 0 atom stereocenters. The normalized spacial score (nSPS) is 9.00. The first-order valence-electron chi connectivity index (χ1n) is 2.09. The Balaban J connectivity index is 0. The maximum Gasteiger partial charge on any atom is 0.300 e. The molecule has 2 N–H and O–H groups in total. The first-order chi connectivity index (χ1) is 4.29. The van der Waals surface area contributed by atoms with E-state index in [-0.39, 0.29) is 0 Å². The van der Waals surface area contributed by atoms with Crippen LogP contribution in [0.4, 0.5) is 0 Å². The monoisotopic (exact) mass is 168 g/mol. The molecule has 0 saturated carbocycles. The van der Waals surface area contributed by atoms with Crippen LogP contribution in [0.2, 0.25) is 0 Å². The standard InChI is InChI=1S/C2H4O3S.C2H4O2/c1-2-6(3,4)5;1-2(3)4/h2H,1H2,(H,3,4,5);1H3,(H,3,4). The molecule has 0 saturated heterocycles. The van der Waals surface area contributed by atoms with Gasteiger partial charge in [0.05, 0.1) is 5.41 Å². The zero-order valence-electron chi connectivity index (χ0n) is 5.31. The van der Waals surface area contributed by atoms with Gasteiger partial charge in [0.2, 0.25) is 0 Å². The molecule has 0 bridgehead atoms. The second-order valence-electron chi connectivity index (χ2n) is 1.20. The molecule has 0 fully saturated rings. The highest BCUT2D eigenvalue weighted by Crippen LogP contribution is 1.75. The van der Waals surface area contributed by atoms with Crippen LogP contribution >= 0.6 is 0 Å². The predicted molar refractivity (Wildman–Crippen MR) is 35.1 cm³/mol. The number of aliphatic carboxylic acids is 1. The van der Waals surface area contributed by atoms with Crippen LogP contribution in [0.15, 0.2) is 12.0 Å². The van der Waals surface area contributed by atoms with Gasteiger partial charge in [-0.15, -0.1) is 0 Å². The smallest absolute Gasteiger partial charge is 0.300 e. The lowest BCUT2D eigenvalue weighted by atomic mass is 10.9. The third kappa shape index (κ3) is 59.3. The van der Waals surface area contributed by atoms with Gasteiger partial charge in [0.25, 0.3) is 16.1 Å². The minimum atomic E-state index is -3.90.